The number of carbonyl (C=O) groups is 2. The average molecular weight is 1220 g/mol. The molecule has 2 amide bonds. The molecule has 0 saturated carbocycles. The summed E-state index contributed by atoms with van der Waals surface area (Å²) in [6, 6.07) is 27.6. The topological polar surface area (TPSA) is 212 Å². The van der Waals surface area contributed by atoms with E-state index in [1.54, 1.807) is 46.2 Å². The Morgan fingerprint density at radius 2 is 1.08 bits per heavy atom. The molecule has 3 aliphatic heterocycles. The third-order valence-corrected chi connectivity index (χ3v) is 16.5. The van der Waals surface area contributed by atoms with Gasteiger partial charge in [-0.25, -0.2) is 8.78 Å². The smallest absolute Gasteiger partial charge is 0.318 e. The third kappa shape index (κ3) is 13.3. The number of amides is 2. The van der Waals surface area contributed by atoms with Crippen molar-refractivity contribution < 1.29 is 38.1 Å². The Bertz CT molecular complexity index is 4080. The summed E-state index contributed by atoms with van der Waals surface area (Å²) in [5.74, 6) is -0.887. The molecule has 18 nitrogen and oxygen atoms in total. The molecule has 0 bridgehead atoms. The van der Waals surface area contributed by atoms with E-state index in [9.17, 15) is 30.3 Å². The molecule has 0 aliphatic carbocycles. The van der Waals surface area contributed by atoms with Crippen LogP contribution in [-0.4, -0.2) is 167 Å². The molecule has 6 aromatic carbocycles. The highest BCUT2D eigenvalue weighted by atomic mass is 35.5. The molecule has 3 fully saturated rings. The second-order valence-electron chi connectivity index (χ2n) is 21.8. The number of fused-ring (bicyclic) bond motifs is 4. The number of methoxy groups -OCH3 is 2. The molecule has 0 radical (unpaired) electrons. The van der Waals surface area contributed by atoms with Crippen molar-refractivity contribution in [2.24, 2.45) is 0 Å². The van der Waals surface area contributed by atoms with E-state index >= 15 is 8.78 Å². The number of benzene rings is 6. The van der Waals surface area contributed by atoms with Gasteiger partial charge in [0, 0.05) is 86.4 Å². The minimum atomic E-state index is -0.677. The highest BCUT2D eigenvalue weighted by Crippen LogP contribution is 2.45. The number of carbonyl (C=O) groups excluding carboxylic acids is 2. The molecule has 8 aromatic rings. The fourth-order valence-corrected chi connectivity index (χ4v) is 12.3. The van der Waals surface area contributed by atoms with Crippen LogP contribution in [0.4, 0.5) is 20.4 Å². The molecule has 2 atom stereocenters. The van der Waals surface area contributed by atoms with Gasteiger partial charge in [0.05, 0.1) is 61.3 Å². The predicted molar refractivity (Wildman–Crippen MR) is 334 cm³/mol. The van der Waals surface area contributed by atoms with E-state index in [1.165, 1.54) is 51.7 Å². The number of hydrogen-bond donors (Lipinski definition) is 2. The Balaban J connectivity index is 0.000000193. The minimum Gasteiger partial charge on any atom is -0.508 e. The number of halogens is 4. The van der Waals surface area contributed by atoms with Crippen molar-refractivity contribution in [2.45, 2.75) is 44.2 Å². The summed E-state index contributed by atoms with van der Waals surface area (Å²) in [6.07, 6.45) is 10.7. The van der Waals surface area contributed by atoms with Crippen molar-refractivity contribution in [1.82, 2.24) is 39.5 Å². The molecule has 2 aromatic heterocycles. The monoisotopic (exact) mass is 1220 g/mol. The second-order valence-corrected chi connectivity index (χ2v) is 22.6. The van der Waals surface area contributed by atoms with Crippen LogP contribution in [0.5, 0.6) is 23.5 Å². The minimum absolute atomic E-state index is 0.00521. The van der Waals surface area contributed by atoms with Crippen LogP contribution < -0.4 is 19.3 Å². The zero-order valence-electron chi connectivity index (χ0n) is 48.6. The summed E-state index contributed by atoms with van der Waals surface area (Å²) < 4.78 is 43.7. The number of phenols is 2. The average Bonchev–Trinajstić information content (AvgIpc) is 1.07. The van der Waals surface area contributed by atoms with Crippen LogP contribution in [0.2, 0.25) is 10.0 Å². The molecule has 11 rings (SSSR count). The third-order valence-electron chi connectivity index (χ3n) is 15.9. The predicted octanol–water partition coefficient (Wildman–Crippen LogP) is 10.9. The maximum absolute atomic E-state index is 16.5. The molecule has 3 saturated heterocycles. The molecular formula is C65H64Cl2F2N12O6. The van der Waals surface area contributed by atoms with Crippen LogP contribution in [0.3, 0.4) is 0 Å². The number of nitriles is 2. The lowest BCUT2D eigenvalue weighted by molar-refractivity contribution is -0.129. The van der Waals surface area contributed by atoms with E-state index in [0.717, 1.165) is 41.2 Å². The molecule has 5 heterocycles. The highest BCUT2D eigenvalue weighted by molar-refractivity contribution is 6.35. The number of likely N-dealkylation sites (tertiary alicyclic amines) is 1. The summed E-state index contributed by atoms with van der Waals surface area (Å²) in [6.45, 7) is 5.54. The van der Waals surface area contributed by atoms with Crippen LogP contribution in [0, 0.1) is 34.3 Å². The number of ether oxygens (including phenoxy) is 2. The van der Waals surface area contributed by atoms with Crippen LogP contribution in [0.15, 0.2) is 109 Å². The van der Waals surface area contributed by atoms with Gasteiger partial charge in [-0.2, -0.15) is 30.5 Å². The van der Waals surface area contributed by atoms with Crippen molar-refractivity contribution in [3.05, 3.63) is 131 Å². The number of aromatic nitrogens is 4. The number of anilines is 2. The number of likely N-dealkylation sites (N-methyl/N-ethyl adjacent to an activating group) is 1. The Labute approximate surface area is 512 Å². The first kappa shape index (κ1) is 61.2. The quantitative estimate of drug-likeness (QED) is 0.0969. The molecule has 22 heteroatoms. The van der Waals surface area contributed by atoms with Crippen molar-refractivity contribution in [3.8, 4) is 57.9 Å². The van der Waals surface area contributed by atoms with Crippen LogP contribution in [-0.2, 0) is 9.59 Å². The Morgan fingerprint density at radius 1 is 0.632 bits per heavy atom. The van der Waals surface area contributed by atoms with Crippen LogP contribution >= 0.6 is 23.2 Å². The first-order chi connectivity index (χ1) is 42.1. The van der Waals surface area contributed by atoms with Gasteiger partial charge in [-0.3, -0.25) is 14.5 Å². The van der Waals surface area contributed by atoms with Crippen molar-refractivity contribution in [3.63, 3.8) is 0 Å². The molecule has 87 heavy (non-hydrogen) atoms. The van der Waals surface area contributed by atoms with E-state index in [-0.39, 0.29) is 80.4 Å². The number of rotatable bonds is 14. The van der Waals surface area contributed by atoms with Gasteiger partial charge < -0.3 is 44.2 Å². The van der Waals surface area contributed by atoms with Crippen LogP contribution in [0.25, 0.3) is 65.6 Å². The van der Waals surface area contributed by atoms with E-state index < -0.39 is 23.7 Å². The number of nitrogens with zero attached hydrogens (tertiary/aromatic N) is 12. The lowest BCUT2D eigenvalue weighted by Crippen LogP contribution is -2.55. The lowest BCUT2D eigenvalue weighted by Gasteiger charge is -2.41. The summed E-state index contributed by atoms with van der Waals surface area (Å²) in [7, 11) is 6.64. The van der Waals surface area contributed by atoms with Gasteiger partial charge in [-0.15, -0.1) is 0 Å². The maximum atomic E-state index is 16.5. The summed E-state index contributed by atoms with van der Waals surface area (Å²) >= 11 is 13.6. The molecule has 0 spiro atoms. The standard InChI is InChI=1S/C34H34ClFN6O3.C31H30ClFN6O3/c1-45-34-38-32-27(20-28(35)30(31(32)36)26-19-24(43)18-22-8-3-4-9-25(22)26)33(39-34)41-16-17-42(23(21-41)11-12-37)29(44)10-7-15-40-13-5-2-6-14-40;1-37(2)12-6-9-26(41)39-14-13-38(18-20(39)10-11-34)30-24-17-25(32)27(28(33)29(24)35-31(36-30)42-3)23-16-21(40)15-19-7-4-5-8-22(19)23/h3-4,7-10,18-20,23,43H,2,5-6,11,13-17,21H2,1H3;4-9,15-17,20,40H,10,12-14,18H2,1-3H3. The number of piperazine rings is 2. The van der Waals surface area contributed by atoms with E-state index in [4.69, 9.17) is 32.7 Å². The van der Waals surface area contributed by atoms with E-state index in [2.05, 4.69) is 37.0 Å². The summed E-state index contributed by atoms with van der Waals surface area (Å²) in [5, 5.41) is 43.9. The van der Waals surface area contributed by atoms with E-state index in [0.29, 0.717) is 79.3 Å². The van der Waals surface area contributed by atoms with Crippen molar-refractivity contribution >= 4 is 90.0 Å². The van der Waals surface area contributed by atoms with Crippen molar-refractivity contribution in [2.75, 3.05) is 104 Å². The Hall–Kier alpha value is -8.92. The maximum Gasteiger partial charge on any atom is 0.318 e. The fraction of sp³-hybridized carbons (Fsp3) is 0.323. The first-order valence-corrected chi connectivity index (χ1v) is 29.3. The van der Waals surface area contributed by atoms with Gasteiger partial charge in [0.15, 0.2) is 11.6 Å². The summed E-state index contributed by atoms with van der Waals surface area (Å²) in [4.78, 5) is 55.5. The zero-order valence-corrected chi connectivity index (χ0v) is 50.1. The van der Waals surface area contributed by atoms with Gasteiger partial charge in [-0.1, -0.05) is 90.3 Å². The fourth-order valence-electron chi connectivity index (χ4n) is 11.7. The molecular weight excluding hydrogens is 1150 g/mol. The molecule has 2 N–H and O–H groups in total. The molecule has 448 valence electrons. The van der Waals surface area contributed by atoms with E-state index in [1.807, 2.05) is 83.4 Å². The Kier molecular flexibility index (Phi) is 19.1. The number of aromatic hydroxyl groups is 2. The number of piperidine rings is 1. The summed E-state index contributed by atoms with van der Waals surface area (Å²) in [5.41, 5.74) is 1.09. The SMILES string of the molecule is COc1nc(N2CCN(C(=O)C=CCN(C)C)C(CC#N)C2)c2cc(Cl)c(-c3cc(O)cc4ccccc34)c(F)c2n1.COc1nc(N2CCN(C(=O)C=CCN3CCCCC3)C(CC#N)C2)c2cc(Cl)c(-c3cc(O)cc4ccccc34)c(F)c2n1. The molecule has 2 unspecified atom stereocenters. The normalized spacial score (nSPS) is 16.7. The highest BCUT2D eigenvalue weighted by Gasteiger charge is 2.35. The first-order valence-electron chi connectivity index (χ1n) is 28.6. The number of phenolic OH excluding ortho intramolecular Hbond substituents is 2. The second kappa shape index (κ2) is 27.2. The largest absolute Gasteiger partial charge is 0.508 e. The van der Waals surface area contributed by atoms with Gasteiger partial charge in [-0.05, 0) is 109 Å². The molecule has 3 aliphatic rings. The van der Waals surface area contributed by atoms with Crippen molar-refractivity contribution in [1.29, 1.82) is 10.5 Å². The van der Waals surface area contributed by atoms with Gasteiger partial charge in [0.1, 0.15) is 34.2 Å². The lowest BCUT2D eigenvalue weighted by atomic mass is 9.96. The number of hydrogen-bond acceptors (Lipinski definition) is 16. The van der Waals surface area contributed by atoms with Gasteiger partial charge >= 0.3 is 12.0 Å². The Morgan fingerprint density at radius 3 is 1.52 bits per heavy atom. The van der Waals surface area contributed by atoms with Gasteiger partial charge in [0.2, 0.25) is 11.8 Å². The van der Waals surface area contributed by atoms with Crippen LogP contribution in [0.1, 0.15) is 32.1 Å². The zero-order chi connectivity index (χ0) is 61.5. The van der Waals surface area contributed by atoms with Gasteiger partial charge in [0.25, 0.3) is 0 Å².